The first kappa shape index (κ1) is 14.0. The molecule has 1 aliphatic rings. The Hall–Kier alpha value is -2.67. The molecule has 1 aliphatic heterocycles. The number of hydrogen-bond donors (Lipinski definition) is 2. The van der Waals surface area contributed by atoms with E-state index in [0.29, 0.717) is 18.1 Å². The second-order valence-corrected chi connectivity index (χ2v) is 6.52. The largest absolute Gasteiger partial charge is 0.375 e. The van der Waals surface area contributed by atoms with Gasteiger partial charge in [-0.2, -0.15) is 0 Å². The summed E-state index contributed by atoms with van der Waals surface area (Å²) in [5.41, 5.74) is 8.86. The molecule has 3 heterocycles. The van der Waals surface area contributed by atoms with E-state index >= 15 is 0 Å². The van der Waals surface area contributed by atoms with E-state index in [0.717, 1.165) is 21.8 Å². The lowest BCUT2D eigenvalue weighted by atomic mass is 9.93. The van der Waals surface area contributed by atoms with Crippen LogP contribution in [0.25, 0.3) is 5.69 Å². The van der Waals surface area contributed by atoms with Crippen LogP contribution in [0.5, 0.6) is 0 Å². The van der Waals surface area contributed by atoms with Crippen molar-refractivity contribution in [2.45, 2.75) is 18.9 Å². The fraction of sp³-hybridized carbons (Fsp3) is 0.188. The molecule has 0 bridgehead atoms. The van der Waals surface area contributed by atoms with E-state index in [4.69, 9.17) is 5.73 Å². The van der Waals surface area contributed by atoms with E-state index in [2.05, 4.69) is 27.4 Å². The van der Waals surface area contributed by atoms with Gasteiger partial charge in [-0.1, -0.05) is 12.1 Å². The molecule has 6 nitrogen and oxygen atoms in total. The normalized spacial score (nSPS) is 17.4. The number of carbonyl (C=O) groups excluding carboxylic acids is 1. The summed E-state index contributed by atoms with van der Waals surface area (Å²) >= 11 is 1.47. The highest BCUT2D eigenvalue weighted by Gasteiger charge is 2.27. The molecule has 0 fully saturated rings. The van der Waals surface area contributed by atoms with E-state index in [1.807, 2.05) is 22.9 Å². The monoisotopic (exact) mass is 325 g/mol. The Bertz CT molecular complexity index is 838. The number of hydrogen-bond acceptors (Lipinski definition) is 5. The number of amides is 1. The number of rotatable bonds is 2. The maximum atomic E-state index is 12.0. The average Bonchev–Trinajstić information content (AvgIpc) is 3.18. The van der Waals surface area contributed by atoms with Crippen molar-refractivity contribution >= 4 is 22.4 Å². The lowest BCUT2D eigenvalue weighted by Gasteiger charge is -2.14. The Morgan fingerprint density at radius 2 is 2.13 bits per heavy atom. The summed E-state index contributed by atoms with van der Waals surface area (Å²) in [5.74, 6) is 0.0385. The molecule has 0 radical (unpaired) electrons. The van der Waals surface area contributed by atoms with Crippen molar-refractivity contribution in [3.05, 3.63) is 59.1 Å². The molecule has 0 unspecified atom stereocenters. The third kappa shape index (κ3) is 2.59. The van der Waals surface area contributed by atoms with Crippen molar-refractivity contribution in [1.82, 2.24) is 19.9 Å². The highest BCUT2D eigenvalue weighted by atomic mass is 32.1. The van der Waals surface area contributed by atoms with Gasteiger partial charge in [-0.05, 0) is 17.7 Å². The first-order valence-corrected chi connectivity index (χ1v) is 8.12. The highest BCUT2D eigenvalue weighted by Crippen LogP contribution is 2.37. The van der Waals surface area contributed by atoms with Crippen LogP contribution in [-0.2, 0) is 11.3 Å². The van der Waals surface area contributed by atoms with Gasteiger partial charge in [-0.25, -0.2) is 9.97 Å². The number of thiazole rings is 1. The minimum Gasteiger partial charge on any atom is -0.375 e. The fourth-order valence-corrected chi connectivity index (χ4v) is 3.85. The van der Waals surface area contributed by atoms with Gasteiger partial charge < -0.3 is 15.6 Å². The Kier molecular flexibility index (Phi) is 3.34. The van der Waals surface area contributed by atoms with Gasteiger partial charge in [0.25, 0.3) is 0 Å². The van der Waals surface area contributed by atoms with Crippen molar-refractivity contribution in [3.63, 3.8) is 0 Å². The van der Waals surface area contributed by atoms with Gasteiger partial charge in [0, 0.05) is 35.3 Å². The molecule has 3 N–H and O–H groups in total. The van der Waals surface area contributed by atoms with Crippen LogP contribution in [0.4, 0.5) is 5.13 Å². The summed E-state index contributed by atoms with van der Waals surface area (Å²) in [5, 5.41) is 3.43. The van der Waals surface area contributed by atoms with Crippen molar-refractivity contribution in [2.75, 3.05) is 5.73 Å². The van der Waals surface area contributed by atoms with E-state index in [1.165, 1.54) is 11.3 Å². The lowest BCUT2D eigenvalue weighted by molar-refractivity contribution is -0.121. The predicted octanol–water partition coefficient (Wildman–Crippen LogP) is 2.06. The van der Waals surface area contributed by atoms with E-state index < -0.39 is 0 Å². The summed E-state index contributed by atoms with van der Waals surface area (Å²) in [6.07, 6.45) is 5.82. The SMILES string of the molecule is Nc1nc2c(s1)[C@@H](c1ccc(-n3ccnc3)cc1)CC(=O)NC2. The minimum absolute atomic E-state index is 0.000799. The summed E-state index contributed by atoms with van der Waals surface area (Å²) in [6, 6.07) is 8.17. The molecule has 0 spiro atoms. The van der Waals surface area contributed by atoms with Gasteiger partial charge in [0.2, 0.25) is 5.91 Å². The van der Waals surface area contributed by atoms with Crippen molar-refractivity contribution in [2.24, 2.45) is 0 Å². The lowest BCUT2D eigenvalue weighted by Crippen LogP contribution is -2.21. The smallest absolute Gasteiger partial charge is 0.221 e. The molecule has 4 rings (SSSR count). The van der Waals surface area contributed by atoms with Crippen LogP contribution in [0, 0.1) is 0 Å². The molecule has 0 saturated heterocycles. The minimum atomic E-state index is -0.000799. The molecule has 0 saturated carbocycles. The number of carbonyl (C=O) groups is 1. The van der Waals surface area contributed by atoms with Crippen LogP contribution in [0.1, 0.15) is 28.5 Å². The second-order valence-electron chi connectivity index (χ2n) is 5.46. The summed E-state index contributed by atoms with van der Waals surface area (Å²) in [6.45, 7) is 0.450. The first-order valence-electron chi connectivity index (χ1n) is 7.31. The summed E-state index contributed by atoms with van der Waals surface area (Å²) in [7, 11) is 0. The average molecular weight is 325 g/mol. The third-order valence-corrected chi connectivity index (χ3v) is 5.04. The maximum absolute atomic E-state index is 12.0. The summed E-state index contributed by atoms with van der Waals surface area (Å²) < 4.78 is 1.94. The zero-order chi connectivity index (χ0) is 15.8. The maximum Gasteiger partial charge on any atom is 0.221 e. The van der Waals surface area contributed by atoms with Crippen LogP contribution in [0.3, 0.4) is 0 Å². The number of nitrogen functional groups attached to an aromatic ring is 1. The molecule has 3 aromatic rings. The van der Waals surface area contributed by atoms with Gasteiger partial charge >= 0.3 is 0 Å². The zero-order valence-corrected chi connectivity index (χ0v) is 13.1. The number of aromatic nitrogens is 3. The number of imidazole rings is 1. The standard InChI is InChI=1S/C16H15N5OS/c17-16-20-13-8-19-14(22)7-12(15(13)23-16)10-1-3-11(4-2-10)21-6-5-18-9-21/h1-6,9,12H,7-8H2,(H2,17,20)(H,19,22)/t12-/m1/s1. The van der Waals surface area contributed by atoms with Crippen molar-refractivity contribution in [3.8, 4) is 5.69 Å². The van der Waals surface area contributed by atoms with E-state index in [-0.39, 0.29) is 11.8 Å². The first-order chi connectivity index (χ1) is 11.2. The predicted molar refractivity (Wildman–Crippen MR) is 88.4 cm³/mol. The van der Waals surface area contributed by atoms with Gasteiger partial charge in [-0.15, -0.1) is 11.3 Å². The van der Waals surface area contributed by atoms with Crippen LogP contribution in [-0.4, -0.2) is 20.4 Å². The topological polar surface area (TPSA) is 85.8 Å². The van der Waals surface area contributed by atoms with E-state index in [9.17, 15) is 4.79 Å². The molecule has 23 heavy (non-hydrogen) atoms. The Balaban J connectivity index is 1.72. The molecule has 1 aromatic carbocycles. The number of nitrogens with zero attached hydrogens (tertiary/aromatic N) is 3. The Morgan fingerprint density at radius 3 is 2.87 bits per heavy atom. The number of nitrogens with two attached hydrogens (primary N) is 1. The van der Waals surface area contributed by atoms with Gasteiger partial charge in [-0.3, -0.25) is 4.79 Å². The Labute approximate surface area is 137 Å². The summed E-state index contributed by atoms with van der Waals surface area (Å²) in [4.78, 5) is 21.5. The number of fused-ring (bicyclic) bond motifs is 1. The molecular formula is C16H15N5OS. The molecule has 1 amide bonds. The zero-order valence-electron chi connectivity index (χ0n) is 12.3. The number of anilines is 1. The molecule has 1 atom stereocenters. The van der Waals surface area contributed by atoms with Crippen molar-refractivity contribution < 1.29 is 4.79 Å². The second kappa shape index (κ2) is 5.51. The fourth-order valence-electron chi connectivity index (χ4n) is 2.87. The Morgan fingerprint density at radius 1 is 1.30 bits per heavy atom. The van der Waals surface area contributed by atoms with Gasteiger partial charge in [0.15, 0.2) is 5.13 Å². The molecule has 116 valence electrons. The van der Waals surface area contributed by atoms with Crippen molar-refractivity contribution in [1.29, 1.82) is 0 Å². The number of benzene rings is 1. The third-order valence-electron chi connectivity index (χ3n) is 4.00. The molecular weight excluding hydrogens is 310 g/mol. The van der Waals surface area contributed by atoms with Crippen LogP contribution in [0.15, 0.2) is 43.0 Å². The molecule has 7 heteroatoms. The van der Waals surface area contributed by atoms with Crippen LogP contribution >= 0.6 is 11.3 Å². The quantitative estimate of drug-likeness (QED) is 0.755. The molecule has 2 aromatic heterocycles. The van der Waals surface area contributed by atoms with Gasteiger partial charge in [0.1, 0.15) is 0 Å². The van der Waals surface area contributed by atoms with Gasteiger partial charge in [0.05, 0.1) is 18.6 Å². The van der Waals surface area contributed by atoms with E-state index in [1.54, 1.807) is 12.5 Å². The van der Waals surface area contributed by atoms with Crippen LogP contribution < -0.4 is 11.1 Å². The highest BCUT2D eigenvalue weighted by molar-refractivity contribution is 7.15. The number of nitrogens with one attached hydrogen (secondary N) is 1. The van der Waals surface area contributed by atoms with Crippen LogP contribution in [0.2, 0.25) is 0 Å². The molecule has 0 aliphatic carbocycles.